The van der Waals surface area contributed by atoms with Gasteiger partial charge in [0.2, 0.25) is 5.91 Å². The highest BCUT2D eigenvalue weighted by Gasteiger charge is 2.18. The Hall–Kier alpha value is -1.66. The highest BCUT2D eigenvalue weighted by atomic mass is 16.5. The first-order chi connectivity index (χ1) is 44.5. The topological polar surface area (TPSA) is 95.9 Å². The van der Waals surface area contributed by atoms with Crippen LogP contribution in [0.4, 0.5) is 0 Å². The second-order valence-corrected chi connectivity index (χ2v) is 28.8. The first-order valence-corrected chi connectivity index (χ1v) is 41.6. The monoisotopic (exact) mass is 1270 g/mol. The Kier molecular flexibility index (Phi) is 78.3. The molecule has 534 valence electrons. The van der Waals surface area contributed by atoms with E-state index in [1.54, 1.807) is 6.08 Å². The lowest BCUT2D eigenvalue weighted by Crippen LogP contribution is -2.45. The number of esters is 1. The van der Waals surface area contributed by atoms with E-state index in [9.17, 15) is 19.8 Å². The summed E-state index contributed by atoms with van der Waals surface area (Å²) in [7, 11) is 0. The highest BCUT2D eigenvalue weighted by molar-refractivity contribution is 5.76. The summed E-state index contributed by atoms with van der Waals surface area (Å²) in [5.41, 5.74) is 0. The number of rotatable bonds is 79. The first-order valence-electron chi connectivity index (χ1n) is 41.6. The number of unbranched alkanes of at least 4 members (excludes halogenated alkanes) is 66. The first kappa shape index (κ1) is 88.3. The van der Waals surface area contributed by atoms with Gasteiger partial charge in [-0.05, 0) is 57.8 Å². The second-order valence-electron chi connectivity index (χ2n) is 28.8. The predicted octanol–water partition coefficient (Wildman–Crippen LogP) is 27.6. The van der Waals surface area contributed by atoms with E-state index in [2.05, 4.69) is 31.3 Å². The molecule has 0 aromatic rings. The third-order valence-electron chi connectivity index (χ3n) is 19.7. The van der Waals surface area contributed by atoms with E-state index in [0.29, 0.717) is 19.4 Å². The Bertz CT molecular complexity index is 1410. The van der Waals surface area contributed by atoms with Gasteiger partial charge in [0.1, 0.15) is 0 Å². The van der Waals surface area contributed by atoms with Crippen molar-refractivity contribution < 1.29 is 24.5 Å². The molecule has 1 amide bonds. The Balaban J connectivity index is 3.33. The van der Waals surface area contributed by atoms with Crippen molar-refractivity contribution in [2.24, 2.45) is 0 Å². The van der Waals surface area contributed by atoms with Crippen LogP contribution in [0.5, 0.6) is 0 Å². The molecule has 0 bridgehead atoms. The van der Waals surface area contributed by atoms with Crippen molar-refractivity contribution in [1.82, 2.24) is 5.32 Å². The number of allylic oxidation sites excluding steroid dienone is 3. The lowest BCUT2D eigenvalue weighted by atomic mass is 10.0. The average molecular weight is 1270 g/mol. The van der Waals surface area contributed by atoms with E-state index in [-0.39, 0.29) is 18.5 Å². The van der Waals surface area contributed by atoms with Crippen molar-refractivity contribution >= 4 is 11.9 Å². The summed E-state index contributed by atoms with van der Waals surface area (Å²) in [6, 6.07) is -0.625. The van der Waals surface area contributed by atoms with Crippen molar-refractivity contribution in [1.29, 1.82) is 0 Å². The SMILES string of the molecule is CCCCCCCCC/C=C\CCCCCCCCCC(=O)OCCCCCCCCCCCCCCCCCCCCCCCCCCCCCCCCCCCC(=O)NC(CO)C(O)/C=C/CCCCCCCCCCCCCCCCCCCCCC. The van der Waals surface area contributed by atoms with Gasteiger partial charge in [-0.3, -0.25) is 9.59 Å². The zero-order valence-electron chi connectivity index (χ0n) is 61.4. The Morgan fingerprint density at radius 3 is 0.789 bits per heavy atom. The molecule has 0 saturated heterocycles. The molecule has 0 fully saturated rings. The van der Waals surface area contributed by atoms with Crippen LogP contribution in [0.25, 0.3) is 0 Å². The van der Waals surface area contributed by atoms with Crippen molar-refractivity contribution in [3.8, 4) is 0 Å². The van der Waals surface area contributed by atoms with Gasteiger partial charge in [-0.2, -0.15) is 0 Å². The van der Waals surface area contributed by atoms with Gasteiger partial charge in [0, 0.05) is 12.8 Å². The summed E-state index contributed by atoms with van der Waals surface area (Å²) in [6.45, 7) is 4.96. The number of nitrogens with one attached hydrogen (secondary N) is 1. The normalized spacial score (nSPS) is 12.5. The number of carbonyl (C=O) groups excluding carboxylic acids is 2. The molecule has 0 heterocycles. The molecular weight excluding hydrogens is 1100 g/mol. The molecule has 0 aliphatic carbocycles. The third-order valence-corrected chi connectivity index (χ3v) is 19.7. The maximum Gasteiger partial charge on any atom is 0.305 e. The van der Waals surface area contributed by atoms with Gasteiger partial charge in [-0.1, -0.05) is 430 Å². The number of aliphatic hydroxyl groups excluding tert-OH is 2. The van der Waals surface area contributed by atoms with Gasteiger partial charge in [0.15, 0.2) is 0 Å². The summed E-state index contributed by atoms with van der Waals surface area (Å²) in [6.07, 6.45) is 103. The summed E-state index contributed by atoms with van der Waals surface area (Å²) in [5, 5.41) is 23.3. The maximum atomic E-state index is 12.6. The van der Waals surface area contributed by atoms with Crippen LogP contribution in [-0.4, -0.2) is 47.4 Å². The van der Waals surface area contributed by atoms with Crippen LogP contribution in [0.1, 0.15) is 476 Å². The lowest BCUT2D eigenvalue weighted by molar-refractivity contribution is -0.143. The van der Waals surface area contributed by atoms with E-state index < -0.39 is 12.1 Å². The van der Waals surface area contributed by atoms with Gasteiger partial charge in [0.25, 0.3) is 0 Å². The molecule has 0 aromatic heterocycles. The van der Waals surface area contributed by atoms with E-state index in [4.69, 9.17) is 4.74 Å². The van der Waals surface area contributed by atoms with Crippen LogP contribution in [0.15, 0.2) is 24.3 Å². The molecule has 6 heteroatoms. The molecule has 2 atom stereocenters. The number of ether oxygens (including phenoxy) is 1. The number of hydrogen-bond acceptors (Lipinski definition) is 5. The smallest absolute Gasteiger partial charge is 0.305 e. The Labute approximate surface area is 564 Å². The highest BCUT2D eigenvalue weighted by Crippen LogP contribution is 2.20. The summed E-state index contributed by atoms with van der Waals surface area (Å²) in [5.74, 6) is -0.0382. The van der Waals surface area contributed by atoms with Gasteiger partial charge >= 0.3 is 5.97 Å². The molecule has 90 heavy (non-hydrogen) atoms. The largest absolute Gasteiger partial charge is 0.466 e. The lowest BCUT2D eigenvalue weighted by Gasteiger charge is -2.20. The minimum Gasteiger partial charge on any atom is -0.466 e. The fourth-order valence-corrected chi connectivity index (χ4v) is 13.4. The third kappa shape index (κ3) is 75.4. The van der Waals surface area contributed by atoms with Crippen molar-refractivity contribution in [2.45, 2.75) is 488 Å². The number of hydrogen-bond donors (Lipinski definition) is 3. The molecular formula is C84H163NO5. The molecule has 2 unspecified atom stereocenters. The van der Waals surface area contributed by atoms with E-state index in [0.717, 1.165) is 38.5 Å². The molecule has 0 spiro atoms. The Morgan fingerprint density at radius 1 is 0.300 bits per heavy atom. The van der Waals surface area contributed by atoms with Gasteiger partial charge in [-0.25, -0.2) is 0 Å². The molecule has 0 radical (unpaired) electrons. The standard InChI is InChI=1S/C84H163NO5/c1-3-5-7-9-11-13-15-17-19-21-23-24-38-41-44-48-52-56-60-64-68-72-76-82(87)81(80-86)85-83(88)77-73-69-65-61-57-53-49-45-42-39-36-34-32-30-28-26-25-27-29-31-33-35-37-40-43-47-51-55-59-63-67-71-75-79-90-84(89)78-74-70-66-62-58-54-50-46-22-20-18-16-14-12-10-8-6-4-2/h20,22,72,76,81-82,86-87H,3-19,21,23-71,73-75,77-80H2,1-2H3,(H,85,88)/b22-20-,76-72+. The molecule has 0 aromatic carbocycles. The minimum absolute atomic E-state index is 0.0197. The van der Waals surface area contributed by atoms with Crippen molar-refractivity contribution in [2.75, 3.05) is 13.2 Å². The molecule has 6 nitrogen and oxygen atoms in total. The average Bonchev–Trinajstić information content (AvgIpc) is 3.59. The number of amides is 1. The van der Waals surface area contributed by atoms with Crippen LogP contribution < -0.4 is 5.32 Å². The minimum atomic E-state index is -0.842. The number of carbonyl (C=O) groups is 2. The number of aliphatic hydroxyl groups is 2. The van der Waals surface area contributed by atoms with Gasteiger partial charge in [0.05, 0.1) is 25.4 Å². The molecule has 0 rings (SSSR count). The van der Waals surface area contributed by atoms with Crippen molar-refractivity contribution in [3.63, 3.8) is 0 Å². The molecule has 0 aliphatic rings. The van der Waals surface area contributed by atoms with Crippen LogP contribution >= 0.6 is 0 Å². The van der Waals surface area contributed by atoms with E-state index >= 15 is 0 Å². The van der Waals surface area contributed by atoms with E-state index in [1.807, 2.05) is 6.08 Å². The predicted molar refractivity (Wildman–Crippen MR) is 398 cm³/mol. The quantitative estimate of drug-likeness (QED) is 0.0320. The molecule has 3 N–H and O–H groups in total. The van der Waals surface area contributed by atoms with Crippen LogP contribution in [-0.2, 0) is 14.3 Å². The zero-order chi connectivity index (χ0) is 64.9. The van der Waals surface area contributed by atoms with Crippen LogP contribution in [0, 0.1) is 0 Å². The Morgan fingerprint density at radius 2 is 0.522 bits per heavy atom. The fraction of sp³-hybridized carbons (Fsp3) is 0.929. The summed E-state index contributed by atoms with van der Waals surface area (Å²) in [4.78, 5) is 24.7. The summed E-state index contributed by atoms with van der Waals surface area (Å²) >= 11 is 0. The maximum absolute atomic E-state index is 12.6. The van der Waals surface area contributed by atoms with Crippen LogP contribution in [0.2, 0.25) is 0 Å². The van der Waals surface area contributed by atoms with Gasteiger partial charge in [-0.15, -0.1) is 0 Å². The zero-order valence-corrected chi connectivity index (χ0v) is 61.4. The van der Waals surface area contributed by atoms with Crippen molar-refractivity contribution in [3.05, 3.63) is 24.3 Å². The van der Waals surface area contributed by atoms with Crippen LogP contribution in [0.3, 0.4) is 0 Å². The molecule has 0 saturated carbocycles. The van der Waals surface area contributed by atoms with E-state index in [1.165, 1.54) is 411 Å². The second kappa shape index (κ2) is 79.8. The summed E-state index contributed by atoms with van der Waals surface area (Å²) < 4.78 is 5.52. The fourth-order valence-electron chi connectivity index (χ4n) is 13.4. The van der Waals surface area contributed by atoms with Gasteiger partial charge < -0.3 is 20.3 Å². The molecule has 0 aliphatic heterocycles.